The monoisotopic (exact) mass is 372 g/mol. The van der Waals surface area contributed by atoms with Gasteiger partial charge in [-0.05, 0) is 31.5 Å². The number of hydrogen-bond donors (Lipinski definition) is 2. The minimum absolute atomic E-state index is 0.0888. The molecule has 2 atom stereocenters. The number of imidazole rings is 1. The molecular weight excluding hydrogens is 352 g/mol. The summed E-state index contributed by atoms with van der Waals surface area (Å²) in [6.07, 6.45) is 0.534. The number of aryl methyl sites for hydroxylation is 1. The molecule has 1 aromatic carbocycles. The fourth-order valence-electron chi connectivity index (χ4n) is 3.07. The van der Waals surface area contributed by atoms with Crippen LogP contribution in [0, 0.1) is 6.92 Å². The molecule has 2 N–H and O–H groups in total. The van der Waals surface area contributed by atoms with Crippen molar-refractivity contribution in [2.45, 2.75) is 32.1 Å². The zero-order chi connectivity index (χ0) is 17.9. The number of H-pyrrole nitrogens is 1. The van der Waals surface area contributed by atoms with Crippen LogP contribution in [-0.2, 0) is 16.1 Å². The van der Waals surface area contributed by atoms with Gasteiger partial charge < -0.3 is 19.8 Å². The Labute approximate surface area is 154 Å². The number of aromatic nitrogens is 3. The Hall–Kier alpha value is -2.29. The van der Waals surface area contributed by atoms with Crippen LogP contribution >= 0.6 is 11.3 Å². The zero-order valence-electron chi connectivity index (χ0n) is 14.4. The first-order valence-corrected chi connectivity index (χ1v) is 9.47. The SMILES string of the molecule is Cc1nc2ccc(C(=O)N[C@@H]3CCOC[C@H]3OCc3cscn3)cc2[nH]1. The summed E-state index contributed by atoms with van der Waals surface area (Å²) < 4.78 is 11.5. The van der Waals surface area contributed by atoms with Crippen molar-refractivity contribution >= 4 is 28.3 Å². The average Bonchev–Trinajstić information content (AvgIpc) is 3.28. The molecule has 1 aliphatic rings. The molecule has 136 valence electrons. The van der Waals surface area contributed by atoms with Crippen LogP contribution in [0.3, 0.4) is 0 Å². The third-order valence-electron chi connectivity index (χ3n) is 4.41. The van der Waals surface area contributed by atoms with Crippen molar-refractivity contribution in [3.63, 3.8) is 0 Å². The standard InChI is InChI=1S/C18H20N4O3S/c1-11-20-14-3-2-12(6-16(14)21-11)18(23)22-15-4-5-24-8-17(15)25-7-13-9-26-10-19-13/h2-3,6,9-10,15,17H,4-5,7-8H2,1H3,(H,20,21)(H,22,23)/t15-,17-/m1/s1. The number of carbonyl (C=O) groups excluding carboxylic acids is 1. The summed E-state index contributed by atoms with van der Waals surface area (Å²) in [4.78, 5) is 24.4. The number of nitrogens with zero attached hydrogens (tertiary/aromatic N) is 2. The van der Waals surface area contributed by atoms with Crippen molar-refractivity contribution in [2.24, 2.45) is 0 Å². The predicted molar refractivity (Wildman–Crippen MR) is 98.2 cm³/mol. The van der Waals surface area contributed by atoms with E-state index in [-0.39, 0.29) is 18.1 Å². The molecule has 0 saturated carbocycles. The molecular formula is C18H20N4O3S. The maximum Gasteiger partial charge on any atom is 0.251 e. The van der Waals surface area contributed by atoms with Crippen molar-refractivity contribution in [3.8, 4) is 0 Å². The maximum absolute atomic E-state index is 12.7. The highest BCUT2D eigenvalue weighted by molar-refractivity contribution is 7.07. The summed E-state index contributed by atoms with van der Waals surface area (Å²) in [6.45, 7) is 3.39. The summed E-state index contributed by atoms with van der Waals surface area (Å²) in [5.74, 6) is 0.714. The fourth-order valence-corrected chi connectivity index (χ4v) is 3.62. The number of ether oxygens (including phenoxy) is 2. The van der Waals surface area contributed by atoms with Gasteiger partial charge in [-0.25, -0.2) is 9.97 Å². The molecule has 1 amide bonds. The van der Waals surface area contributed by atoms with Crippen LogP contribution in [0.2, 0.25) is 0 Å². The average molecular weight is 372 g/mol. The molecule has 3 heterocycles. The van der Waals surface area contributed by atoms with E-state index in [4.69, 9.17) is 9.47 Å². The highest BCUT2D eigenvalue weighted by Crippen LogP contribution is 2.17. The molecule has 7 nitrogen and oxygen atoms in total. The Bertz CT molecular complexity index is 893. The zero-order valence-corrected chi connectivity index (χ0v) is 15.2. The minimum Gasteiger partial charge on any atom is -0.379 e. The molecule has 26 heavy (non-hydrogen) atoms. The van der Waals surface area contributed by atoms with Gasteiger partial charge in [-0.2, -0.15) is 0 Å². The molecule has 0 spiro atoms. The minimum atomic E-state index is -0.187. The second kappa shape index (κ2) is 7.53. The Kier molecular flexibility index (Phi) is 4.96. The van der Waals surface area contributed by atoms with Gasteiger partial charge in [0.05, 0.1) is 41.5 Å². The topological polar surface area (TPSA) is 89.1 Å². The van der Waals surface area contributed by atoms with Gasteiger partial charge >= 0.3 is 0 Å². The van der Waals surface area contributed by atoms with Crippen molar-refractivity contribution in [2.75, 3.05) is 13.2 Å². The predicted octanol–water partition coefficient (Wildman–Crippen LogP) is 2.43. The lowest BCUT2D eigenvalue weighted by atomic mass is 10.0. The number of fused-ring (bicyclic) bond motifs is 1. The molecule has 2 aromatic heterocycles. The first-order chi connectivity index (χ1) is 12.7. The van der Waals surface area contributed by atoms with Gasteiger partial charge in [-0.15, -0.1) is 11.3 Å². The van der Waals surface area contributed by atoms with E-state index < -0.39 is 0 Å². The quantitative estimate of drug-likeness (QED) is 0.718. The summed E-state index contributed by atoms with van der Waals surface area (Å²) >= 11 is 1.54. The summed E-state index contributed by atoms with van der Waals surface area (Å²) in [5.41, 5.74) is 4.99. The molecule has 0 aliphatic carbocycles. The molecule has 1 saturated heterocycles. The molecule has 8 heteroatoms. The number of amides is 1. The number of thiazole rings is 1. The number of aromatic amines is 1. The van der Waals surface area contributed by atoms with Gasteiger partial charge in [-0.1, -0.05) is 0 Å². The van der Waals surface area contributed by atoms with Crippen LogP contribution in [0.25, 0.3) is 11.0 Å². The van der Waals surface area contributed by atoms with Crippen LogP contribution in [0.5, 0.6) is 0 Å². The van der Waals surface area contributed by atoms with Crippen molar-refractivity contribution in [1.29, 1.82) is 0 Å². The molecule has 0 bridgehead atoms. The van der Waals surface area contributed by atoms with Crippen LogP contribution in [0.4, 0.5) is 0 Å². The molecule has 0 unspecified atom stereocenters. The first-order valence-electron chi connectivity index (χ1n) is 8.53. The molecule has 3 aromatic rings. The van der Waals surface area contributed by atoms with Gasteiger partial charge in [0.2, 0.25) is 0 Å². The van der Waals surface area contributed by atoms with E-state index >= 15 is 0 Å². The highest BCUT2D eigenvalue weighted by atomic mass is 32.1. The fraction of sp³-hybridized carbons (Fsp3) is 0.389. The van der Waals surface area contributed by atoms with Crippen molar-refractivity contribution in [1.82, 2.24) is 20.3 Å². The van der Waals surface area contributed by atoms with Crippen LogP contribution < -0.4 is 5.32 Å². The Morgan fingerprint density at radius 1 is 1.50 bits per heavy atom. The van der Waals surface area contributed by atoms with Gasteiger partial charge in [0.25, 0.3) is 5.91 Å². The lowest BCUT2D eigenvalue weighted by Gasteiger charge is -2.32. The Morgan fingerprint density at radius 3 is 3.27 bits per heavy atom. The Balaban J connectivity index is 1.43. The normalized spacial score (nSPS) is 20.3. The van der Waals surface area contributed by atoms with Crippen LogP contribution in [0.1, 0.15) is 28.3 Å². The van der Waals surface area contributed by atoms with Gasteiger partial charge in [0.15, 0.2) is 0 Å². The smallest absolute Gasteiger partial charge is 0.251 e. The van der Waals surface area contributed by atoms with E-state index in [9.17, 15) is 4.79 Å². The number of rotatable bonds is 5. The van der Waals surface area contributed by atoms with E-state index in [0.29, 0.717) is 25.4 Å². The molecule has 0 radical (unpaired) electrons. The van der Waals surface area contributed by atoms with Gasteiger partial charge in [0, 0.05) is 17.6 Å². The molecule has 1 aliphatic heterocycles. The third-order valence-corrected chi connectivity index (χ3v) is 5.05. The van der Waals surface area contributed by atoms with E-state index in [1.165, 1.54) is 11.3 Å². The highest BCUT2D eigenvalue weighted by Gasteiger charge is 2.28. The molecule has 1 fully saturated rings. The van der Waals surface area contributed by atoms with E-state index in [1.807, 2.05) is 24.4 Å². The first kappa shape index (κ1) is 17.1. The lowest BCUT2D eigenvalue weighted by Crippen LogP contribution is -2.49. The number of hydrogen-bond acceptors (Lipinski definition) is 6. The van der Waals surface area contributed by atoms with Crippen LogP contribution in [0.15, 0.2) is 29.1 Å². The van der Waals surface area contributed by atoms with E-state index in [2.05, 4.69) is 20.3 Å². The van der Waals surface area contributed by atoms with Gasteiger partial charge in [0.1, 0.15) is 11.9 Å². The molecule has 4 rings (SSSR count). The number of benzene rings is 1. The summed E-state index contributed by atoms with van der Waals surface area (Å²) in [7, 11) is 0. The largest absolute Gasteiger partial charge is 0.379 e. The lowest BCUT2D eigenvalue weighted by molar-refractivity contribution is -0.0742. The second-order valence-corrected chi connectivity index (χ2v) is 7.05. The van der Waals surface area contributed by atoms with Crippen LogP contribution in [-0.4, -0.2) is 46.2 Å². The number of carbonyl (C=O) groups is 1. The third kappa shape index (κ3) is 3.77. The van der Waals surface area contributed by atoms with Crippen molar-refractivity contribution in [3.05, 3.63) is 46.2 Å². The summed E-state index contributed by atoms with van der Waals surface area (Å²) in [5, 5.41) is 5.05. The van der Waals surface area contributed by atoms with E-state index in [0.717, 1.165) is 29.0 Å². The van der Waals surface area contributed by atoms with Crippen molar-refractivity contribution < 1.29 is 14.3 Å². The number of nitrogens with one attached hydrogen (secondary N) is 2. The van der Waals surface area contributed by atoms with Gasteiger partial charge in [-0.3, -0.25) is 4.79 Å². The second-order valence-electron chi connectivity index (χ2n) is 6.33. The maximum atomic E-state index is 12.7. The Morgan fingerprint density at radius 2 is 2.42 bits per heavy atom. The van der Waals surface area contributed by atoms with E-state index in [1.54, 1.807) is 11.6 Å². The summed E-state index contributed by atoms with van der Waals surface area (Å²) in [6, 6.07) is 5.39.